The second-order valence-electron chi connectivity index (χ2n) is 8.93. The summed E-state index contributed by atoms with van der Waals surface area (Å²) >= 11 is 0. The molecule has 31 heavy (non-hydrogen) atoms. The van der Waals surface area contributed by atoms with Crippen molar-refractivity contribution in [3.8, 4) is 0 Å². The number of benzene rings is 1. The molecular weight excluding hydrogens is 390 g/mol. The van der Waals surface area contributed by atoms with Gasteiger partial charge in [0.05, 0.1) is 6.54 Å². The van der Waals surface area contributed by atoms with E-state index >= 15 is 0 Å². The highest BCUT2D eigenvalue weighted by Gasteiger charge is 2.29. The van der Waals surface area contributed by atoms with Gasteiger partial charge in [-0.25, -0.2) is 14.3 Å². The molecule has 7 nitrogen and oxygen atoms in total. The molecule has 0 bridgehead atoms. The SMILES string of the molecule is CCn1c(C2CCN(C(=O)NC3CCCCCC3)CC2)nn(Cc2ccccc2)c1=O. The van der Waals surface area contributed by atoms with E-state index < -0.39 is 0 Å². The molecule has 1 aliphatic carbocycles. The maximum Gasteiger partial charge on any atom is 0.346 e. The minimum atomic E-state index is -0.0464. The van der Waals surface area contributed by atoms with E-state index in [9.17, 15) is 9.59 Å². The zero-order chi connectivity index (χ0) is 21.6. The van der Waals surface area contributed by atoms with Gasteiger partial charge in [-0.05, 0) is 38.2 Å². The predicted molar refractivity (Wildman–Crippen MR) is 121 cm³/mol. The van der Waals surface area contributed by atoms with Gasteiger partial charge in [-0.1, -0.05) is 56.0 Å². The first-order chi connectivity index (χ1) is 15.2. The number of carbonyl (C=O) groups excluding carboxylic acids is 1. The van der Waals surface area contributed by atoms with Crippen molar-refractivity contribution < 1.29 is 4.79 Å². The molecule has 1 aromatic heterocycles. The Balaban J connectivity index is 1.38. The van der Waals surface area contributed by atoms with Crippen LogP contribution in [-0.2, 0) is 13.1 Å². The van der Waals surface area contributed by atoms with E-state index in [-0.39, 0.29) is 17.6 Å². The van der Waals surface area contributed by atoms with Gasteiger partial charge < -0.3 is 10.2 Å². The van der Waals surface area contributed by atoms with Crippen LogP contribution in [0.1, 0.15) is 75.6 Å². The number of rotatable bonds is 5. The molecule has 7 heteroatoms. The van der Waals surface area contributed by atoms with Gasteiger partial charge >= 0.3 is 11.7 Å². The van der Waals surface area contributed by atoms with Crippen LogP contribution >= 0.6 is 0 Å². The molecule has 2 aliphatic rings. The first kappa shape index (κ1) is 21.7. The zero-order valence-corrected chi connectivity index (χ0v) is 18.6. The predicted octanol–water partition coefficient (Wildman–Crippen LogP) is 3.72. The Bertz CT molecular complexity index is 904. The lowest BCUT2D eigenvalue weighted by Crippen LogP contribution is -2.47. The topological polar surface area (TPSA) is 72.2 Å². The summed E-state index contributed by atoms with van der Waals surface area (Å²) < 4.78 is 3.38. The van der Waals surface area contributed by atoms with Crippen molar-refractivity contribution in [2.45, 2.75) is 83.3 Å². The highest BCUT2D eigenvalue weighted by Crippen LogP contribution is 2.27. The molecule has 2 heterocycles. The van der Waals surface area contributed by atoms with Gasteiger partial charge in [-0.15, -0.1) is 0 Å². The summed E-state index contributed by atoms with van der Waals surface area (Å²) in [5.41, 5.74) is 1.02. The fourth-order valence-electron chi connectivity index (χ4n) is 4.95. The number of piperidine rings is 1. The molecule has 2 fully saturated rings. The maximum atomic E-state index is 12.9. The monoisotopic (exact) mass is 425 g/mol. The van der Waals surface area contributed by atoms with Gasteiger partial charge in [-0.3, -0.25) is 4.57 Å². The summed E-state index contributed by atoms with van der Waals surface area (Å²) in [6.45, 7) is 4.53. The van der Waals surface area contributed by atoms with Crippen LogP contribution in [0, 0.1) is 0 Å². The van der Waals surface area contributed by atoms with Crippen molar-refractivity contribution in [2.24, 2.45) is 0 Å². The Labute approximate surface area is 184 Å². The van der Waals surface area contributed by atoms with Crippen LogP contribution in [0.15, 0.2) is 35.1 Å². The van der Waals surface area contributed by atoms with E-state index in [0.29, 0.717) is 32.2 Å². The number of nitrogens with zero attached hydrogens (tertiary/aromatic N) is 4. The van der Waals surface area contributed by atoms with Gasteiger partial charge in [0.2, 0.25) is 0 Å². The van der Waals surface area contributed by atoms with Crippen LogP contribution in [0.5, 0.6) is 0 Å². The van der Waals surface area contributed by atoms with Crippen LogP contribution in [0.4, 0.5) is 4.79 Å². The Kier molecular flexibility index (Phi) is 7.10. The molecule has 2 aromatic rings. The highest BCUT2D eigenvalue weighted by molar-refractivity contribution is 5.74. The normalized spacial score (nSPS) is 18.7. The van der Waals surface area contributed by atoms with Crippen LogP contribution in [-0.4, -0.2) is 44.4 Å². The Morgan fingerprint density at radius 2 is 1.71 bits per heavy atom. The van der Waals surface area contributed by atoms with Crippen molar-refractivity contribution in [3.05, 3.63) is 52.2 Å². The molecular formula is C24H35N5O2. The summed E-state index contributed by atoms with van der Waals surface area (Å²) in [4.78, 5) is 27.6. The lowest BCUT2D eigenvalue weighted by atomic mass is 9.96. The molecule has 1 N–H and O–H groups in total. The van der Waals surface area contributed by atoms with E-state index in [0.717, 1.165) is 37.1 Å². The van der Waals surface area contributed by atoms with E-state index in [2.05, 4.69) is 5.32 Å². The molecule has 4 rings (SSSR count). The number of nitrogens with one attached hydrogen (secondary N) is 1. The van der Waals surface area contributed by atoms with Gasteiger partial charge in [0.1, 0.15) is 5.82 Å². The molecule has 2 amide bonds. The number of amides is 2. The summed E-state index contributed by atoms with van der Waals surface area (Å²) in [5.74, 6) is 1.08. The molecule has 0 radical (unpaired) electrons. The number of urea groups is 1. The number of hydrogen-bond donors (Lipinski definition) is 1. The molecule has 0 atom stereocenters. The van der Waals surface area contributed by atoms with Crippen molar-refractivity contribution >= 4 is 6.03 Å². The fourth-order valence-corrected chi connectivity index (χ4v) is 4.95. The minimum absolute atomic E-state index is 0.0464. The van der Waals surface area contributed by atoms with Crippen molar-refractivity contribution in [3.63, 3.8) is 0 Å². The maximum absolute atomic E-state index is 12.9. The van der Waals surface area contributed by atoms with Crippen LogP contribution < -0.4 is 11.0 Å². The quantitative estimate of drug-likeness (QED) is 0.742. The molecule has 1 saturated carbocycles. The summed E-state index contributed by atoms with van der Waals surface area (Å²) in [6, 6.07) is 10.4. The zero-order valence-electron chi connectivity index (χ0n) is 18.6. The van der Waals surface area contributed by atoms with Crippen LogP contribution in [0.3, 0.4) is 0 Å². The molecule has 0 unspecified atom stereocenters. The van der Waals surface area contributed by atoms with Crippen LogP contribution in [0.25, 0.3) is 0 Å². The first-order valence-electron chi connectivity index (χ1n) is 11.9. The largest absolute Gasteiger partial charge is 0.346 e. The van der Waals surface area contributed by atoms with E-state index in [1.165, 1.54) is 25.7 Å². The molecule has 1 aromatic carbocycles. The fraction of sp³-hybridized carbons (Fsp3) is 0.625. The molecule has 1 aliphatic heterocycles. The van der Waals surface area contributed by atoms with Gasteiger partial charge in [-0.2, -0.15) is 5.10 Å². The van der Waals surface area contributed by atoms with Gasteiger partial charge in [0.25, 0.3) is 0 Å². The second-order valence-corrected chi connectivity index (χ2v) is 8.93. The number of carbonyl (C=O) groups is 1. The lowest BCUT2D eigenvalue weighted by Gasteiger charge is -2.32. The minimum Gasteiger partial charge on any atom is -0.335 e. The number of hydrogen-bond acceptors (Lipinski definition) is 3. The Morgan fingerprint density at radius 1 is 1.03 bits per heavy atom. The Hall–Kier alpha value is -2.57. The molecule has 0 spiro atoms. The average molecular weight is 426 g/mol. The van der Waals surface area contributed by atoms with Gasteiger partial charge in [0.15, 0.2) is 0 Å². The number of likely N-dealkylation sites (tertiary alicyclic amines) is 1. The van der Waals surface area contributed by atoms with E-state index in [1.807, 2.05) is 42.2 Å². The van der Waals surface area contributed by atoms with Crippen LogP contribution in [0.2, 0.25) is 0 Å². The molecule has 1 saturated heterocycles. The summed E-state index contributed by atoms with van der Waals surface area (Å²) in [5, 5.41) is 7.98. The summed E-state index contributed by atoms with van der Waals surface area (Å²) in [6.07, 6.45) is 8.90. The third kappa shape index (κ3) is 5.20. The van der Waals surface area contributed by atoms with Gasteiger partial charge in [0, 0.05) is 31.6 Å². The summed E-state index contributed by atoms with van der Waals surface area (Å²) in [7, 11) is 0. The third-order valence-corrected chi connectivity index (χ3v) is 6.77. The van der Waals surface area contributed by atoms with E-state index in [1.54, 1.807) is 9.25 Å². The van der Waals surface area contributed by atoms with Crippen molar-refractivity contribution in [1.82, 2.24) is 24.6 Å². The molecule has 168 valence electrons. The second kappa shape index (κ2) is 10.2. The number of aromatic nitrogens is 3. The standard InChI is InChI=1S/C24H35N5O2/c1-2-28-22(26-29(24(28)31)18-19-10-6-5-7-11-19)20-14-16-27(17-15-20)23(30)25-21-12-8-3-4-9-13-21/h5-7,10-11,20-21H,2-4,8-9,12-18H2,1H3,(H,25,30). The highest BCUT2D eigenvalue weighted by atomic mass is 16.2. The average Bonchev–Trinajstić information content (AvgIpc) is 2.95. The first-order valence-corrected chi connectivity index (χ1v) is 11.9. The van der Waals surface area contributed by atoms with Crippen molar-refractivity contribution in [2.75, 3.05) is 13.1 Å². The lowest BCUT2D eigenvalue weighted by molar-refractivity contribution is 0.175. The smallest absolute Gasteiger partial charge is 0.335 e. The third-order valence-electron chi connectivity index (χ3n) is 6.77. The van der Waals surface area contributed by atoms with E-state index in [4.69, 9.17) is 5.10 Å². The van der Waals surface area contributed by atoms with Crippen molar-refractivity contribution in [1.29, 1.82) is 0 Å². The Morgan fingerprint density at radius 3 is 2.35 bits per heavy atom.